The molecule has 158 valence electrons. The molecule has 0 aliphatic heterocycles. The van der Waals surface area contributed by atoms with Gasteiger partial charge in [-0.25, -0.2) is 0 Å². The minimum absolute atomic E-state index is 0.162. The van der Waals surface area contributed by atoms with E-state index in [1.807, 2.05) is 11.8 Å². The smallest absolute Gasteiger partial charge is 0.226 e. The van der Waals surface area contributed by atoms with Crippen molar-refractivity contribution in [2.45, 2.75) is 81.7 Å². The van der Waals surface area contributed by atoms with E-state index in [-0.39, 0.29) is 10.8 Å². The van der Waals surface area contributed by atoms with E-state index in [1.54, 1.807) is 0 Å². The van der Waals surface area contributed by atoms with E-state index < -0.39 is 0 Å². The van der Waals surface area contributed by atoms with E-state index in [1.165, 1.54) is 30.6 Å². The second-order valence-electron chi connectivity index (χ2n) is 11.0. The highest BCUT2D eigenvalue weighted by molar-refractivity contribution is 7.98. The topological polar surface area (TPSA) is 55.1 Å². The fourth-order valence-electron chi connectivity index (χ4n) is 8.07. The number of nitrogens with one attached hydrogen (secondary N) is 1. The summed E-state index contributed by atoms with van der Waals surface area (Å²) in [6, 6.07) is 11.8. The number of nitrogens with two attached hydrogens (primary N) is 1. The lowest BCUT2D eigenvalue weighted by molar-refractivity contribution is -0.160. The Kier molecular flexibility index (Phi) is 5.02. The van der Waals surface area contributed by atoms with Crippen LogP contribution in [0, 0.1) is 16.7 Å². The quantitative estimate of drug-likeness (QED) is 0.740. The molecule has 0 aromatic heterocycles. The minimum Gasteiger partial charge on any atom is -0.353 e. The van der Waals surface area contributed by atoms with Crippen molar-refractivity contribution in [3.63, 3.8) is 0 Å². The van der Waals surface area contributed by atoms with Gasteiger partial charge in [-0.1, -0.05) is 30.3 Å². The molecule has 0 radical (unpaired) electrons. The summed E-state index contributed by atoms with van der Waals surface area (Å²) in [6.07, 6.45) is 13.6. The van der Waals surface area contributed by atoms with Gasteiger partial charge >= 0.3 is 0 Å². The van der Waals surface area contributed by atoms with Gasteiger partial charge < -0.3 is 11.1 Å². The third-order valence-corrected chi connectivity index (χ3v) is 9.51. The SMILES string of the molecule is CSC[C@]12CC3CC(C(=O)NC4CCC(N)CC4)(CC(c4ccccc4)(C3)C1)C2. The monoisotopic (exact) mass is 412 g/mol. The maximum atomic E-state index is 13.8. The Bertz CT molecular complexity index is 761. The average molecular weight is 413 g/mol. The fraction of sp³-hybridized carbons (Fsp3) is 0.720. The lowest BCUT2D eigenvalue weighted by Gasteiger charge is -2.66. The van der Waals surface area contributed by atoms with Crippen molar-refractivity contribution in [1.29, 1.82) is 0 Å². The van der Waals surface area contributed by atoms with Gasteiger partial charge in [0.05, 0.1) is 5.41 Å². The van der Waals surface area contributed by atoms with Crippen molar-refractivity contribution in [3.05, 3.63) is 35.9 Å². The van der Waals surface area contributed by atoms with Crippen LogP contribution in [0.2, 0.25) is 0 Å². The van der Waals surface area contributed by atoms with E-state index in [0.717, 1.165) is 44.9 Å². The van der Waals surface area contributed by atoms with Gasteiger partial charge in [-0.05, 0) is 98.5 Å². The van der Waals surface area contributed by atoms with Crippen molar-refractivity contribution < 1.29 is 4.79 Å². The first-order valence-corrected chi connectivity index (χ1v) is 13.0. The third-order valence-electron chi connectivity index (χ3n) is 8.61. The van der Waals surface area contributed by atoms with Crippen LogP contribution in [-0.2, 0) is 10.2 Å². The lowest BCUT2D eigenvalue weighted by Crippen LogP contribution is -2.64. The number of rotatable bonds is 5. The standard InChI is InChI=1S/C25H36N2OS/c1-29-17-23-11-18-12-24(14-23,19-5-3-2-4-6-19)16-25(13-18,15-23)22(28)27-21-9-7-20(26)8-10-21/h2-6,18,20-21H,7-17,26H2,1H3,(H,27,28)/t18?,20?,21?,23-,24?,25?/m1/s1. The van der Waals surface area contributed by atoms with Crippen LogP contribution in [0.5, 0.6) is 0 Å². The zero-order valence-corrected chi connectivity index (χ0v) is 18.6. The molecule has 6 rings (SSSR count). The highest BCUT2D eigenvalue weighted by Crippen LogP contribution is 2.70. The second-order valence-corrected chi connectivity index (χ2v) is 11.8. The molecule has 4 bridgehead atoms. The Balaban J connectivity index is 1.46. The Labute approximate surface area is 180 Å². The van der Waals surface area contributed by atoms with Gasteiger partial charge in [0, 0.05) is 12.1 Å². The minimum atomic E-state index is -0.162. The summed E-state index contributed by atoms with van der Waals surface area (Å²) < 4.78 is 0. The molecule has 3 unspecified atom stereocenters. The highest BCUT2D eigenvalue weighted by Gasteiger charge is 2.65. The molecular formula is C25H36N2OS. The molecule has 1 amide bonds. The van der Waals surface area contributed by atoms with Crippen LogP contribution < -0.4 is 11.1 Å². The highest BCUT2D eigenvalue weighted by atomic mass is 32.2. The predicted octanol–water partition coefficient (Wildman–Crippen LogP) is 4.64. The average Bonchev–Trinajstić information content (AvgIpc) is 2.69. The molecule has 3 N–H and O–H groups in total. The molecule has 1 aromatic rings. The molecule has 0 spiro atoms. The lowest BCUT2D eigenvalue weighted by atomic mass is 9.38. The molecule has 4 atom stereocenters. The van der Waals surface area contributed by atoms with Gasteiger partial charge in [0.15, 0.2) is 0 Å². The predicted molar refractivity (Wildman–Crippen MR) is 121 cm³/mol. The van der Waals surface area contributed by atoms with Crippen molar-refractivity contribution in [2.24, 2.45) is 22.5 Å². The van der Waals surface area contributed by atoms with E-state index in [0.29, 0.717) is 29.3 Å². The zero-order valence-electron chi connectivity index (χ0n) is 17.8. The summed E-state index contributed by atoms with van der Waals surface area (Å²) in [5.41, 5.74) is 7.94. The number of amides is 1. The fourth-order valence-corrected chi connectivity index (χ4v) is 9.01. The first kappa shape index (κ1) is 19.9. The Hall–Kier alpha value is -1.00. The largest absolute Gasteiger partial charge is 0.353 e. The number of thioether (sulfide) groups is 1. The Morgan fingerprint density at radius 2 is 1.83 bits per heavy atom. The van der Waals surface area contributed by atoms with Crippen LogP contribution >= 0.6 is 11.8 Å². The van der Waals surface area contributed by atoms with Crippen LogP contribution in [-0.4, -0.2) is 30.0 Å². The molecule has 0 heterocycles. The molecule has 5 saturated carbocycles. The normalized spacial score (nSPS) is 43.3. The van der Waals surface area contributed by atoms with Crippen molar-refractivity contribution in [2.75, 3.05) is 12.0 Å². The number of carbonyl (C=O) groups excluding carboxylic acids is 1. The second kappa shape index (κ2) is 7.30. The molecule has 29 heavy (non-hydrogen) atoms. The van der Waals surface area contributed by atoms with Crippen LogP contribution in [0.25, 0.3) is 0 Å². The molecular weight excluding hydrogens is 376 g/mol. The zero-order chi connectivity index (χ0) is 20.1. The van der Waals surface area contributed by atoms with Crippen LogP contribution in [0.4, 0.5) is 0 Å². The summed E-state index contributed by atoms with van der Waals surface area (Å²) in [7, 11) is 0. The van der Waals surface area contributed by atoms with Gasteiger partial charge in [-0.15, -0.1) is 0 Å². The number of hydrogen-bond donors (Lipinski definition) is 2. The summed E-state index contributed by atoms with van der Waals surface area (Å²) in [5, 5.41) is 3.52. The molecule has 5 aliphatic carbocycles. The number of benzene rings is 1. The third kappa shape index (κ3) is 3.44. The van der Waals surface area contributed by atoms with Gasteiger partial charge in [-0.2, -0.15) is 11.8 Å². The van der Waals surface area contributed by atoms with Crippen molar-refractivity contribution >= 4 is 17.7 Å². The Morgan fingerprint density at radius 3 is 2.55 bits per heavy atom. The summed E-state index contributed by atoms with van der Waals surface area (Å²) >= 11 is 1.98. The van der Waals surface area contributed by atoms with Gasteiger partial charge in [-0.3, -0.25) is 4.79 Å². The maximum absolute atomic E-state index is 13.8. The molecule has 3 nitrogen and oxygen atoms in total. The number of carbonyl (C=O) groups is 1. The van der Waals surface area contributed by atoms with Gasteiger partial charge in [0.1, 0.15) is 0 Å². The van der Waals surface area contributed by atoms with Crippen LogP contribution in [0.1, 0.15) is 69.8 Å². The molecule has 5 aliphatic rings. The summed E-state index contributed by atoms with van der Waals surface area (Å²) in [4.78, 5) is 13.8. The van der Waals surface area contributed by atoms with E-state index >= 15 is 0 Å². The number of hydrogen-bond acceptors (Lipinski definition) is 3. The summed E-state index contributed by atoms with van der Waals surface area (Å²) in [6.45, 7) is 0. The van der Waals surface area contributed by atoms with Crippen LogP contribution in [0.15, 0.2) is 30.3 Å². The van der Waals surface area contributed by atoms with Crippen molar-refractivity contribution in [3.8, 4) is 0 Å². The molecule has 1 aromatic carbocycles. The van der Waals surface area contributed by atoms with Gasteiger partial charge in [0.25, 0.3) is 0 Å². The molecule has 4 heteroatoms. The first-order valence-electron chi connectivity index (χ1n) is 11.6. The van der Waals surface area contributed by atoms with E-state index in [4.69, 9.17) is 5.73 Å². The summed E-state index contributed by atoms with van der Waals surface area (Å²) in [5.74, 6) is 2.27. The van der Waals surface area contributed by atoms with Crippen molar-refractivity contribution in [1.82, 2.24) is 5.32 Å². The van der Waals surface area contributed by atoms with Gasteiger partial charge in [0.2, 0.25) is 5.91 Å². The van der Waals surface area contributed by atoms with E-state index in [2.05, 4.69) is 41.9 Å². The molecule has 0 saturated heterocycles. The van der Waals surface area contributed by atoms with E-state index in [9.17, 15) is 4.79 Å². The Morgan fingerprint density at radius 1 is 1.07 bits per heavy atom. The maximum Gasteiger partial charge on any atom is 0.226 e. The van der Waals surface area contributed by atoms with Crippen LogP contribution in [0.3, 0.4) is 0 Å². The first-order chi connectivity index (χ1) is 14.0. The molecule has 5 fully saturated rings.